The van der Waals surface area contributed by atoms with E-state index in [1.807, 2.05) is 24.3 Å². The van der Waals surface area contributed by atoms with E-state index < -0.39 is 41.2 Å². The molecule has 1 unspecified atom stereocenters. The number of halogens is 1. The van der Waals surface area contributed by atoms with Crippen LogP contribution < -0.4 is 15.8 Å². The predicted octanol–water partition coefficient (Wildman–Crippen LogP) is 2.30. The maximum Gasteiger partial charge on any atom is 0.333 e. The molecule has 0 aliphatic carbocycles. The number of nitriles is 1. The lowest BCUT2D eigenvalue weighted by molar-refractivity contribution is -0.157. The SMILES string of the molecule is N#CCN(C(=O)NCc1ccc(F)cc1)N1CC(=O)N2[C@@H](Cc3ccc(NS(=O)[O-])cc3)C(=O)N(Cc3cccc4sc(N)nc34)C[C@@H]21. The number of thiazole rings is 1. The lowest BCUT2D eigenvalue weighted by Gasteiger charge is -2.46. The number of urea groups is 1. The largest absolute Gasteiger partial charge is 0.755 e. The maximum atomic E-state index is 14.2. The van der Waals surface area contributed by atoms with E-state index in [9.17, 15) is 32.8 Å². The van der Waals surface area contributed by atoms with Crippen LogP contribution in [0.2, 0.25) is 0 Å². The molecule has 48 heavy (non-hydrogen) atoms. The fourth-order valence-electron chi connectivity index (χ4n) is 5.99. The van der Waals surface area contributed by atoms with E-state index in [1.54, 1.807) is 29.2 Å². The van der Waals surface area contributed by atoms with Crippen LogP contribution in [0, 0.1) is 17.1 Å². The van der Waals surface area contributed by atoms with Gasteiger partial charge in [0.2, 0.25) is 11.8 Å². The molecule has 3 aromatic carbocycles. The number of fused-ring (bicyclic) bond motifs is 2. The molecule has 0 bridgehead atoms. The summed E-state index contributed by atoms with van der Waals surface area (Å²) in [6, 6.07) is 18.0. The lowest BCUT2D eigenvalue weighted by atomic mass is 9.99. The molecular weight excluding hydrogens is 662 g/mol. The number of hydrazine groups is 1. The van der Waals surface area contributed by atoms with Crippen molar-refractivity contribution in [1.29, 1.82) is 5.26 Å². The minimum Gasteiger partial charge on any atom is -0.755 e. The molecule has 2 aliphatic rings. The summed E-state index contributed by atoms with van der Waals surface area (Å²) in [6.45, 7) is -0.406. The summed E-state index contributed by atoms with van der Waals surface area (Å²) >= 11 is -1.18. The van der Waals surface area contributed by atoms with E-state index in [0.29, 0.717) is 27.5 Å². The molecule has 4 N–H and O–H groups in total. The van der Waals surface area contributed by atoms with Gasteiger partial charge in [-0.2, -0.15) is 10.3 Å². The van der Waals surface area contributed by atoms with Crippen molar-refractivity contribution in [2.24, 2.45) is 0 Å². The van der Waals surface area contributed by atoms with E-state index in [1.165, 1.54) is 45.5 Å². The van der Waals surface area contributed by atoms with Gasteiger partial charge < -0.3 is 30.1 Å². The van der Waals surface area contributed by atoms with Crippen LogP contribution in [0.4, 0.5) is 20.0 Å². The van der Waals surface area contributed by atoms with Gasteiger partial charge in [-0.1, -0.05) is 47.7 Å². The second-order valence-corrected chi connectivity index (χ2v) is 12.9. The number of benzene rings is 3. The highest BCUT2D eigenvalue weighted by Gasteiger charge is 2.52. The number of nitrogens with zero attached hydrogens (tertiary/aromatic N) is 6. The van der Waals surface area contributed by atoms with Crippen LogP contribution in [0.1, 0.15) is 16.7 Å². The molecule has 248 valence electrons. The quantitative estimate of drug-likeness (QED) is 0.166. The minimum absolute atomic E-state index is 0.0302. The number of aromatic nitrogens is 1. The summed E-state index contributed by atoms with van der Waals surface area (Å²) in [7, 11) is 0. The number of carbonyl (C=O) groups is 3. The van der Waals surface area contributed by atoms with Crippen molar-refractivity contribution < 1.29 is 27.5 Å². The average molecular weight is 691 g/mol. The number of hydrogen-bond acceptors (Lipinski definition) is 10. The van der Waals surface area contributed by atoms with Gasteiger partial charge in [-0.05, 0) is 47.0 Å². The molecule has 14 nitrogen and oxygen atoms in total. The van der Waals surface area contributed by atoms with Crippen LogP contribution in [-0.2, 0) is 40.4 Å². The van der Waals surface area contributed by atoms with Gasteiger partial charge in [0, 0.05) is 36.5 Å². The number of para-hydroxylation sites is 1. The Morgan fingerprint density at radius 2 is 1.88 bits per heavy atom. The van der Waals surface area contributed by atoms with E-state index in [-0.39, 0.29) is 45.1 Å². The third kappa shape index (κ3) is 6.92. The fourth-order valence-corrected chi connectivity index (χ4v) is 7.10. The van der Waals surface area contributed by atoms with Crippen LogP contribution in [0.3, 0.4) is 0 Å². The van der Waals surface area contributed by atoms with Gasteiger partial charge in [0.05, 0.1) is 29.4 Å². The van der Waals surface area contributed by atoms with Crippen molar-refractivity contribution in [3.05, 3.63) is 89.2 Å². The summed E-state index contributed by atoms with van der Waals surface area (Å²) in [4.78, 5) is 48.9. The van der Waals surface area contributed by atoms with Gasteiger partial charge in [0.15, 0.2) is 5.13 Å². The monoisotopic (exact) mass is 690 g/mol. The Hall–Kier alpha value is -5.15. The first-order valence-electron chi connectivity index (χ1n) is 14.7. The van der Waals surface area contributed by atoms with Crippen molar-refractivity contribution in [1.82, 2.24) is 30.1 Å². The molecule has 6 rings (SSSR count). The molecule has 0 saturated carbocycles. The Morgan fingerprint density at radius 1 is 1.15 bits per heavy atom. The second kappa shape index (κ2) is 13.9. The average Bonchev–Trinajstić information content (AvgIpc) is 3.60. The molecule has 2 aliphatic heterocycles. The highest BCUT2D eigenvalue weighted by Crippen LogP contribution is 2.32. The zero-order valence-corrected chi connectivity index (χ0v) is 26.9. The Labute approximate surface area is 280 Å². The van der Waals surface area contributed by atoms with Crippen molar-refractivity contribution in [3.8, 4) is 6.07 Å². The first-order valence-corrected chi connectivity index (χ1v) is 16.6. The van der Waals surface area contributed by atoms with Crippen LogP contribution >= 0.6 is 11.3 Å². The van der Waals surface area contributed by atoms with Crippen LogP contribution in [0.25, 0.3) is 10.2 Å². The zero-order chi connectivity index (χ0) is 33.9. The summed E-state index contributed by atoms with van der Waals surface area (Å²) in [5, 5.41) is 15.4. The lowest BCUT2D eigenvalue weighted by Crippen LogP contribution is -2.66. The van der Waals surface area contributed by atoms with Crippen LogP contribution in [0.15, 0.2) is 66.7 Å². The number of nitrogen functional groups attached to an aromatic ring is 1. The van der Waals surface area contributed by atoms with Gasteiger partial charge in [-0.25, -0.2) is 19.2 Å². The topological polar surface area (TPSA) is 191 Å². The maximum absolute atomic E-state index is 14.2. The van der Waals surface area contributed by atoms with Gasteiger partial charge in [-0.3, -0.25) is 13.8 Å². The first-order chi connectivity index (χ1) is 23.1. The Morgan fingerprint density at radius 3 is 2.58 bits per heavy atom. The highest BCUT2D eigenvalue weighted by molar-refractivity contribution is 7.80. The normalized spacial score (nSPS) is 18.4. The van der Waals surface area contributed by atoms with Gasteiger partial charge in [-0.15, -0.1) is 0 Å². The summed E-state index contributed by atoms with van der Waals surface area (Å²) in [5.74, 6) is -1.14. The standard InChI is InChI=1S/C31H30FN9O5S2/c32-22-8-4-20(5-9-22)15-35-31(44)39(13-12-33)40-18-27(42)41-24(14-19-6-10-23(11-7-19)37-48(45)46)29(43)38(17-26(40)41)16-21-2-1-3-25-28(21)36-30(34)47-25/h1-11,24,26,37H,13-18H2,(H2,34,36)(H,35,44)(H,45,46)/p-1/t24-,26+/m0/s1. The zero-order valence-electron chi connectivity index (χ0n) is 25.2. The van der Waals surface area contributed by atoms with Crippen molar-refractivity contribution in [2.75, 3.05) is 30.1 Å². The number of nitrogens with one attached hydrogen (secondary N) is 2. The summed E-state index contributed by atoms with van der Waals surface area (Å²) in [6.07, 6.45) is -0.691. The Bertz CT molecular complexity index is 1920. The van der Waals surface area contributed by atoms with E-state index in [2.05, 4.69) is 15.0 Å². The fraction of sp³-hybridized carbons (Fsp3) is 0.258. The van der Waals surface area contributed by atoms with Gasteiger partial charge in [0.1, 0.15) is 24.6 Å². The number of nitrogens with two attached hydrogens (primary N) is 1. The van der Waals surface area contributed by atoms with Crippen molar-refractivity contribution in [2.45, 2.75) is 31.7 Å². The molecule has 2 fully saturated rings. The van der Waals surface area contributed by atoms with Crippen molar-refractivity contribution in [3.63, 3.8) is 0 Å². The molecular formula is C31H29FN9O5S2-. The third-order valence-corrected chi connectivity index (χ3v) is 9.41. The Kier molecular flexibility index (Phi) is 9.50. The molecule has 1 aromatic heterocycles. The van der Waals surface area contributed by atoms with E-state index >= 15 is 0 Å². The third-order valence-electron chi connectivity index (χ3n) is 8.15. The van der Waals surface area contributed by atoms with Crippen molar-refractivity contribution >= 4 is 61.5 Å². The molecule has 3 atom stereocenters. The number of carbonyl (C=O) groups excluding carboxylic acids is 3. The number of hydrogen-bond donors (Lipinski definition) is 3. The molecule has 0 radical (unpaired) electrons. The highest BCUT2D eigenvalue weighted by atomic mass is 32.2. The van der Waals surface area contributed by atoms with E-state index in [4.69, 9.17) is 5.73 Å². The number of rotatable bonds is 10. The smallest absolute Gasteiger partial charge is 0.333 e. The summed E-state index contributed by atoms with van der Waals surface area (Å²) in [5.41, 5.74) is 9.03. The number of amides is 4. The molecule has 2 saturated heterocycles. The second-order valence-electron chi connectivity index (χ2n) is 11.2. The van der Waals surface area contributed by atoms with Crippen LogP contribution in [-0.4, -0.2) is 83.3 Å². The van der Waals surface area contributed by atoms with Crippen LogP contribution in [0.5, 0.6) is 0 Å². The number of piperazine rings is 1. The predicted molar refractivity (Wildman–Crippen MR) is 174 cm³/mol. The molecule has 3 heterocycles. The van der Waals surface area contributed by atoms with E-state index in [0.717, 1.165) is 15.3 Å². The van der Waals surface area contributed by atoms with Gasteiger partial charge >= 0.3 is 6.03 Å². The number of anilines is 2. The minimum atomic E-state index is -2.51. The van der Waals surface area contributed by atoms with Gasteiger partial charge in [0.25, 0.3) is 0 Å². The molecule has 0 spiro atoms. The molecule has 17 heteroatoms. The Balaban J connectivity index is 1.30. The molecule has 4 amide bonds. The molecule has 4 aromatic rings. The summed E-state index contributed by atoms with van der Waals surface area (Å²) < 4.78 is 38.6. The first kappa shape index (κ1) is 32.8.